The van der Waals surface area contributed by atoms with Gasteiger partial charge >= 0.3 is 0 Å². The van der Waals surface area contributed by atoms with Crippen LogP contribution in [-0.2, 0) is 9.59 Å². The summed E-state index contributed by atoms with van der Waals surface area (Å²) in [5.41, 5.74) is 7.16. The number of carbonyl (C=O) groups is 2. The number of nitrogen functional groups attached to an aromatic ring is 1. The van der Waals surface area contributed by atoms with Gasteiger partial charge in [-0.05, 0) is 59.0 Å². The first-order valence-corrected chi connectivity index (χ1v) is 8.65. The van der Waals surface area contributed by atoms with Gasteiger partial charge in [-0.25, -0.2) is 4.90 Å². The van der Waals surface area contributed by atoms with E-state index >= 15 is 0 Å². The molecular formula is C16H13IN2O2S. The molecule has 1 atom stereocenters. The number of hydrogen-bond donors (Lipinski definition) is 1. The van der Waals surface area contributed by atoms with Crippen LogP contribution in [0.15, 0.2) is 53.4 Å². The average molecular weight is 424 g/mol. The van der Waals surface area contributed by atoms with Gasteiger partial charge in [-0.2, -0.15) is 0 Å². The highest BCUT2D eigenvalue weighted by atomic mass is 127. The lowest BCUT2D eigenvalue weighted by Crippen LogP contribution is -2.31. The molecule has 0 saturated carbocycles. The Bertz CT molecular complexity index is 733. The fraction of sp³-hybridized carbons (Fsp3) is 0.125. The first-order chi connectivity index (χ1) is 10.6. The first kappa shape index (κ1) is 15.4. The fourth-order valence-electron chi connectivity index (χ4n) is 2.30. The number of hydrogen-bond acceptors (Lipinski definition) is 4. The van der Waals surface area contributed by atoms with Crippen molar-refractivity contribution in [3.8, 4) is 0 Å². The molecule has 0 spiro atoms. The van der Waals surface area contributed by atoms with Crippen molar-refractivity contribution < 1.29 is 9.59 Å². The highest BCUT2D eigenvalue weighted by Crippen LogP contribution is 2.36. The predicted octanol–water partition coefficient (Wildman–Crippen LogP) is 3.30. The van der Waals surface area contributed by atoms with Gasteiger partial charge in [0.1, 0.15) is 0 Å². The minimum Gasteiger partial charge on any atom is -0.398 e. The number of para-hydroxylation sites is 1. The molecule has 2 amide bonds. The van der Waals surface area contributed by atoms with Crippen molar-refractivity contribution in [3.05, 3.63) is 52.1 Å². The number of imide groups is 1. The van der Waals surface area contributed by atoms with Gasteiger partial charge in [0.25, 0.3) is 0 Å². The van der Waals surface area contributed by atoms with Gasteiger partial charge in [0.05, 0.1) is 10.9 Å². The van der Waals surface area contributed by atoms with Crippen molar-refractivity contribution in [2.75, 3.05) is 10.6 Å². The molecule has 1 aliphatic rings. The van der Waals surface area contributed by atoms with Crippen molar-refractivity contribution >= 4 is 57.5 Å². The lowest BCUT2D eigenvalue weighted by atomic mass is 10.3. The summed E-state index contributed by atoms with van der Waals surface area (Å²) in [6.07, 6.45) is 0.198. The molecule has 2 aromatic carbocycles. The zero-order valence-electron chi connectivity index (χ0n) is 11.5. The van der Waals surface area contributed by atoms with E-state index in [1.165, 1.54) is 16.7 Å². The minimum atomic E-state index is -0.420. The second-order valence-electron chi connectivity index (χ2n) is 4.89. The Morgan fingerprint density at radius 3 is 2.45 bits per heavy atom. The Kier molecular flexibility index (Phi) is 4.39. The molecule has 3 rings (SSSR count). The van der Waals surface area contributed by atoms with Gasteiger partial charge in [0, 0.05) is 20.6 Å². The number of amides is 2. The second kappa shape index (κ2) is 6.29. The van der Waals surface area contributed by atoms with E-state index in [1.54, 1.807) is 18.2 Å². The Morgan fingerprint density at radius 2 is 1.77 bits per heavy atom. The number of benzene rings is 2. The van der Waals surface area contributed by atoms with E-state index in [0.717, 1.165) is 8.47 Å². The summed E-state index contributed by atoms with van der Waals surface area (Å²) in [5.74, 6) is -0.349. The lowest BCUT2D eigenvalue weighted by molar-refractivity contribution is -0.121. The molecule has 1 aliphatic heterocycles. The van der Waals surface area contributed by atoms with Crippen LogP contribution in [0, 0.1) is 3.57 Å². The largest absolute Gasteiger partial charge is 0.398 e. The number of anilines is 2. The number of thioether (sulfide) groups is 1. The van der Waals surface area contributed by atoms with E-state index in [1.807, 2.05) is 30.3 Å². The molecule has 22 heavy (non-hydrogen) atoms. The van der Waals surface area contributed by atoms with E-state index in [4.69, 9.17) is 5.73 Å². The Morgan fingerprint density at radius 1 is 1.09 bits per heavy atom. The average Bonchev–Trinajstić information content (AvgIpc) is 2.77. The SMILES string of the molecule is Nc1ccccc1S[C@@H]1CC(=O)N(c2ccc(I)cc2)C1=O. The molecule has 112 valence electrons. The third kappa shape index (κ3) is 2.98. The van der Waals surface area contributed by atoms with E-state index < -0.39 is 5.25 Å². The van der Waals surface area contributed by atoms with Crippen LogP contribution in [0.2, 0.25) is 0 Å². The zero-order chi connectivity index (χ0) is 15.7. The molecular weight excluding hydrogens is 411 g/mol. The lowest BCUT2D eigenvalue weighted by Gasteiger charge is -2.15. The molecule has 1 heterocycles. The molecule has 4 nitrogen and oxygen atoms in total. The summed E-state index contributed by atoms with van der Waals surface area (Å²) in [4.78, 5) is 26.9. The first-order valence-electron chi connectivity index (χ1n) is 6.70. The van der Waals surface area contributed by atoms with E-state index in [9.17, 15) is 9.59 Å². The summed E-state index contributed by atoms with van der Waals surface area (Å²) in [7, 11) is 0. The molecule has 0 aliphatic carbocycles. The summed E-state index contributed by atoms with van der Waals surface area (Å²) in [6, 6.07) is 14.7. The van der Waals surface area contributed by atoms with Crippen LogP contribution in [0.4, 0.5) is 11.4 Å². The maximum Gasteiger partial charge on any atom is 0.247 e. The quantitative estimate of drug-likeness (QED) is 0.467. The summed E-state index contributed by atoms with van der Waals surface area (Å²) in [5, 5.41) is -0.420. The van der Waals surface area contributed by atoms with E-state index in [-0.39, 0.29) is 18.2 Å². The van der Waals surface area contributed by atoms with Gasteiger partial charge in [-0.1, -0.05) is 12.1 Å². The summed E-state index contributed by atoms with van der Waals surface area (Å²) in [6.45, 7) is 0. The molecule has 0 aromatic heterocycles. The van der Waals surface area contributed by atoms with Gasteiger partial charge < -0.3 is 5.73 Å². The molecule has 0 unspecified atom stereocenters. The third-order valence-corrected chi connectivity index (χ3v) is 5.38. The molecule has 1 saturated heterocycles. The molecule has 0 bridgehead atoms. The predicted molar refractivity (Wildman–Crippen MR) is 96.8 cm³/mol. The zero-order valence-corrected chi connectivity index (χ0v) is 14.5. The van der Waals surface area contributed by atoms with Crippen molar-refractivity contribution in [1.29, 1.82) is 0 Å². The molecule has 2 aromatic rings. The standard InChI is InChI=1S/C16H13IN2O2S/c17-10-5-7-11(8-6-10)19-15(20)9-14(16(19)21)22-13-4-2-1-3-12(13)18/h1-8,14H,9,18H2/t14-/m1/s1. The number of rotatable bonds is 3. The van der Waals surface area contributed by atoms with Crippen molar-refractivity contribution in [3.63, 3.8) is 0 Å². The Labute approximate surface area is 146 Å². The van der Waals surface area contributed by atoms with Gasteiger partial charge in [-0.15, -0.1) is 11.8 Å². The molecule has 1 fully saturated rings. The number of halogens is 1. The van der Waals surface area contributed by atoms with Crippen LogP contribution in [0.25, 0.3) is 0 Å². The van der Waals surface area contributed by atoms with Crippen LogP contribution in [-0.4, -0.2) is 17.1 Å². The normalized spacial score (nSPS) is 18.0. The van der Waals surface area contributed by atoms with Crippen LogP contribution in [0.3, 0.4) is 0 Å². The van der Waals surface area contributed by atoms with Crippen molar-refractivity contribution in [2.24, 2.45) is 0 Å². The highest BCUT2D eigenvalue weighted by Gasteiger charge is 2.40. The van der Waals surface area contributed by atoms with Crippen LogP contribution in [0.5, 0.6) is 0 Å². The summed E-state index contributed by atoms with van der Waals surface area (Å²) >= 11 is 3.54. The van der Waals surface area contributed by atoms with Crippen LogP contribution in [0.1, 0.15) is 6.42 Å². The maximum atomic E-state index is 12.6. The van der Waals surface area contributed by atoms with E-state index in [0.29, 0.717) is 11.4 Å². The van der Waals surface area contributed by atoms with E-state index in [2.05, 4.69) is 22.6 Å². The fourth-order valence-corrected chi connectivity index (χ4v) is 3.76. The smallest absolute Gasteiger partial charge is 0.247 e. The monoisotopic (exact) mass is 424 g/mol. The minimum absolute atomic E-state index is 0.168. The van der Waals surface area contributed by atoms with Crippen LogP contribution >= 0.6 is 34.4 Å². The Hall–Kier alpha value is -1.54. The third-order valence-electron chi connectivity index (χ3n) is 3.38. The summed E-state index contributed by atoms with van der Waals surface area (Å²) < 4.78 is 1.06. The van der Waals surface area contributed by atoms with Crippen LogP contribution < -0.4 is 10.6 Å². The number of carbonyl (C=O) groups excluding carboxylic acids is 2. The van der Waals surface area contributed by atoms with Crippen molar-refractivity contribution in [2.45, 2.75) is 16.6 Å². The Balaban J connectivity index is 1.82. The van der Waals surface area contributed by atoms with Gasteiger partial charge in [-0.3, -0.25) is 9.59 Å². The molecule has 0 radical (unpaired) electrons. The maximum absolute atomic E-state index is 12.6. The van der Waals surface area contributed by atoms with Gasteiger partial charge in [0.2, 0.25) is 11.8 Å². The topological polar surface area (TPSA) is 63.4 Å². The molecule has 6 heteroatoms. The second-order valence-corrected chi connectivity index (χ2v) is 7.38. The van der Waals surface area contributed by atoms with Gasteiger partial charge in [0.15, 0.2) is 0 Å². The number of nitrogens with two attached hydrogens (primary N) is 1. The van der Waals surface area contributed by atoms with Crippen molar-refractivity contribution in [1.82, 2.24) is 0 Å². The highest BCUT2D eigenvalue weighted by molar-refractivity contribution is 14.1. The molecule has 2 N–H and O–H groups in total. The number of nitrogens with zero attached hydrogens (tertiary/aromatic N) is 1.